The van der Waals surface area contributed by atoms with Crippen LogP contribution in [0.2, 0.25) is 0 Å². The van der Waals surface area contributed by atoms with Crippen molar-refractivity contribution in [1.82, 2.24) is 4.40 Å². The number of furan rings is 1. The van der Waals surface area contributed by atoms with Gasteiger partial charge in [0.15, 0.2) is 0 Å². The Bertz CT molecular complexity index is 5140. The number of rotatable bonds is 7. The highest BCUT2D eigenvalue weighted by molar-refractivity contribution is 7.26. The van der Waals surface area contributed by atoms with Crippen LogP contribution in [0.25, 0.3) is 112 Å². The summed E-state index contributed by atoms with van der Waals surface area (Å²) >= 11 is 3.73. The molecule has 4 nitrogen and oxygen atoms in total. The molecule has 0 radical (unpaired) electrons. The fourth-order valence-corrected chi connectivity index (χ4v) is 15.1. The third-order valence-electron chi connectivity index (χ3n) is 16.8. The molecule has 6 heteroatoms. The van der Waals surface area contributed by atoms with Gasteiger partial charge in [-0.3, -0.25) is 4.40 Å². The number of fused-ring (bicyclic) bond motifs is 15. The number of aromatic nitrogens is 1. The Morgan fingerprint density at radius 3 is 1.50 bits per heavy atom. The molecule has 0 bridgehead atoms. The average molecular weight is 1070 g/mol. The highest BCUT2D eigenvalue weighted by Crippen LogP contribution is 2.51. The van der Waals surface area contributed by atoms with Gasteiger partial charge in [0.05, 0.1) is 37.2 Å². The van der Waals surface area contributed by atoms with E-state index in [1.807, 2.05) is 22.7 Å². The molecule has 11 aromatic carbocycles. The van der Waals surface area contributed by atoms with Crippen molar-refractivity contribution in [2.45, 2.75) is 52.4 Å². The fraction of sp³-hybridized carbons (Fsp3) is 0.108. The fourth-order valence-electron chi connectivity index (χ4n) is 12.7. The van der Waals surface area contributed by atoms with Gasteiger partial charge < -0.3 is 14.2 Å². The summed E-state index contributed by atoms with van der Waals surface area (Å²) in [5, 5.41) is 13.3. The summed E-state index contributed by atoms with van der Waals surface area (Å²) in [6.07, 6.45) is 0. The van der Waals surface area contributed by atoms with Crippen molar-refractivity contribution in [2.24, 2.45) is 0 Å². The van der Waals surface area contributed by atoms with E-state index in [0.29, 0.717) is 0 Å². The normalized spacial score (nSPS) is 12.6. The van der Waals surface area contributed by atoms with Gasteiger partial charge in [0.2, 0.25) is 5.71 Å². The summed E-state index contributed by atoms with van der Waals surface area (Å²) in [6.45, 7) is 13.7. The van der Waals surface area contributed by atoms with Gasteiger partial charge in [-0.25, -0.2) is 0 Å². The molecule has 0 spiro atoms. The van der Waals surface area contributed by atoms with Gasteiger partial charge in [-0.2, -0.15) is 0 Å². The van der Waals surface area contributed by atoms with Crippen LogP contribution in [0.1, 0.15) is 52.7 Å². The molecule has 0 amide bonds. The highest BCUT2D eigenvalue weighted by Gasteiger charge is 2.27. The van der Waals surface area contributed by atoms with E-state index in [0.717, 1.165) is 61.4 Å². The van der Waals surface area contributed by atoms with Crippen molar-refractivity contribution >= 4 is 157 Å². The second-order valence-electron chi connectivity index (χ2n) is 23.8. The smallest absolute Gasteiger partial charge is 0.213 e. The standard InChI is InChI=1S/C74H55N3OS2/c1-73(2,3)48-27-32-50(33-28-48)75(62-22-14-20-56-54-18-10-12-24-66(54)79-70(56)62)52-31-26-45-39-59-60-40-47(44-16-8-7-9-17-44)41-61-68-58-37-36-53(43-65(58)78-72(68)77(69(60)61)64(59)42-46(45)38-52)76(51-34-29-49(30-35-51)74(4,5)6)63-23-15-21-57-55-19-11-13-25-67(55)80-71(57)63/h7-43H,1-6H3. The van der Waals surface area contributed by atoms with Crippen LogP contribution in [-0.4, -0.2) is 4.40 Å². The van der Waals surface area contributed by atoms with Crippen LogP contribution in [0.5, 0.6) is 0 Å². The summed E-state index contributed by atoms with van der Waals surface area (Å²) < 4.78 is 14.9. The monoisotopic (exact) mass is 1070 g/mol. The minimum absolute atomic E-state index is 0.0241. The molecule has 16 rings (SSSR count). The average Bonchev–Trinajstić information content (AvgIpc) is 3.58. The molecular formula is C74H55N3OS2. The molecule has 0 unspecified atom stereocenters. The van der Waals surface area contributed by atoms with Crippen LogP contribution in [0.15, 0.2) is 229 Å². The highest BCUT2D eigenvalue weighted by atomic mass is 32.1. The van der Waals surface area contributed by atoms with Gasteiger partial charge >= 0.3 is 0 Å². The van der Waals surface area contributed by atoms with E-state index in [-0.39, 0.29) is 10.8 Å². The van der Waals surface area contributed by atoms with Crippen molar-refractivity contribution in [3.63, 3.8) is 0 Å². The number of thiophene rings is 2. The minimum Gasteiger partial charge on any atom is -0.439 e. The molecule has 0 saturated carbocycles. The molecule has 0 atom stereocenters. The quantitative estimate of drug-likeness (QED) is 0.159. The first-order chi connectivity index (χ1) is 38.9. The Hall–Kier alpha value is -8.94. The van der Waals surface area contributed by atoms with Gasteiger partial charge in [-0.15, -0.1) is 22.7 Å². The first-order valence-electron chi connectivity index (χ1n) is 27.7. The predicted octanol–water partition coefficient (Wildman–Crippen LogP) is 22.7. The Kier molecular flexibility index (Phi) is 10.2. The number of benzene rings is 11. The zero-order chi connectivity index (χ0) is 53.8. The van der Waals surface area contributed by atoms with Crippen LogP contribution in [-0.2, 0) is 10.8 Å². The molecule has 0 aliphatic carbocycles. The number of nitrogens with zero attached hydrogens (tertiary/aromatic N) is 3. The molecule has 0 N–H and O–H groups in total. The van der Waals surface area contributed by atoms with E-state index in [9.17, 15) is 0 Å². The lowest BCUT2D eigenvalue weighted by Gasteiger charge is -2.27. The maximum absolute atomic E-state index is 7.38. The first kappa shape index (κ1) is 47.1. The molecule has 0 saturated heterocycles. The molecule has 80 heavy (non-hydrogen) atoms. The maximum Gasteiger partial charge on any atom is 0.213 e. The summed E-state index contributed by atoms with van der Waals surface area (Å²) in [7, 11) is 0. The van der Waals surface area contributed by atoms with E-state index in [1.165, 1.54) is 95.3 Å². The number of anilines is 6. The molecule has 5 heterocycles. The second-order valence-corrected chi connectivity index (χ2v) is 25.9. The van der Waals surface area contributed by atoms with Crippen molar-refractivity contribution < 1.29 is 4.42 Å². The van der Waals surface area contributed by atoms with Gasteiger partial charge in [0.1, 0.15) is 5.58 Å². The number of hydrogen-bond donors (Lipinski definition) is 0. The van der Waals surface area contributed by atoms with E-state index in [1.54, 1.807) is 0 Å². The Balaban J connectivity index is 0.921. The SMILES string of the molecule is CC(C)(C)c1ccc(N(c2ccc3cc4c5cc(-c6ccccc6)cc6c7c8ccc(N(c9ccc(C(C)(C)C)cc9)c9cccc%10c9sc9ccccc9%10)cc8oc7n(c4cc3c2)c56)c2cccc3c2sc2ccccc23)cc1. The molecule has 0 aliphatic heterocycles. The zero-order valence-electron chi connectivity index (χ0n) is 45.4. The molecular weight excluding hydrogens is 1010 g/mol. The summed E-state index contributed by atoms with van der Waals surface area (Å²) in [5.41, 5.74) is 15.8. The van der Waals surface area contributed by atoms with Crippen molar-refractivity contribution in [3.8, 4) is 11.1 Å². The largest absolute Gasteiger partial charge is 0.439 e. The molecule has 16 aromatic rings. The van der Waals surface area contributed by atoms with E-state index < -0.39 is 0 Å². The zero-order valence-corrected chi connectivity index (χ0v) is 47.1. The minimum atomic E-state index is 0.0241. The summed E-state index contributed by atoms with van der Waals surface area (Å²) in [6, 6.07) is 83.7. The van der Waals surface area contributed by atoms with Gasteiger partial charge in [-0.1, -0.05) is 163 Å². The van der Waals surface area contributed by atoms with Crippen LogP contribution < -0.4 is 9.80 Å². The Labute approximate surface area is 471 Å². The summed E-state index contributed by atoms with van der Waals surface area (Å²) in [4.78, 5) is 4.89. The third-order valence-corrected chi connectivity index (χ3v) is 19.2. The molecule has 0 aliphatic rings. The topological polar surface area (TPSA) is 24.0 Å². The van der Waals surface area contributed by atoms with Crippen LogP contribution in [0, 0.1) is 0 Å². The van der Waals surface area contributed by atoms with Gasteiger partial charge in [-0.05, 0) is 141 Å². The third kappa shape index (κ3) is 7.18. The second kappa shape index (κ2) is 17.3. The Morgan fingerprint density at radius 1 is 0.375 bits per heavy atom. The van der Waals surface area contributed by atoms with E-state index in [4.69, 9.17) is 4.42 Å². The maximum atomic E-state index is 7.38. The van der Waals surface area contributed by atoms with Gasteiger partial charge in [0.25, 0.3) is 0 Å². The van der Waals surface area contributed by atoms with Crippen molar-refractivity contribution in [3.05, 3.63) is 236 Å². The molecule has 5 aromatic heterocycles. The van der Waals surface area contributed by atoms with Crippen LogP contribution in [0.4, 0.5) is 34.1 Å². The molecule has 384 valence electrons. The van der Waals surface area contributed by atoms with Crippen molar-refractivity contribution in [1.29, 1.82) is 0 Å². The molecule has 0 fully saturated rings. The lowest BCUT2D eigenvalue weighted by molar-refractivity contribution is 0.590. The lowest BCUT2D eigenvalue weighted by Crippen LogP contribution is -2.13. The van der Waals surface area contributed by atoms with E-state index >= 15 is 0 Å². The first-order valence-corrected chi connectivity index (χ1v) is 29.4. The van der Waals surface area contributed by atoms with Crippen LogP contribution >= 0.6 is 22.7 Å². The van der Waals surface area contributed by atoms with E-state index in [2.05, 4.69) is 280 Å². The van der Waals surface area contributed by atoms with Gasteiger partial charge in [0, 0.05) is 81.3 Å². The summed E-state index contributed by atoms with van der Waals surface area (Å²) in [5.74, 6) is 0. The Morgan fingerprint density at radius 2 is 0.900 bits per heavy atom. The lowest BCUT2D eigenvalue weighted by atomic mass is 9.87. The van der Waals surface area contributed by atoms with Crippen LogP contribution in [0.3, 0.4) is 0 Å². The predicted molar refractivity (Wildman–Crippen MR) is 346 cm³/mol. The van der Waals surface area contributed by atoms with Crippen molar-refractivity contribution in [2.75, 3.05) is 9.80 Å². The number of hydrogen-bond acceptors (Lipinski definition) is 5.